The van der Waals surface area contributed by atoms with E-state index in [2.05, 4.69) is 5.32 Å². The quantitative estimate of drug-likeness (QED) is 0.851. The van der Waals surface area contributed by atoms with E-state index in [0.29, 0.717) is 16.3 Å². The van der Waals surface area contributed by atoms with E-state index in [1.165, 1.54) is 24.3 Å². The van der Waals surface area contributed by atoms with Crippen LogP contribution in [0.15, 0.2) is 48.5 Å². The van der Waals surface area contributed by atoms with Crippen LogP contribution in [0.5, 0.6) is 5.75 Å². The SMILES string of the molecule is CC(Oc1ccc(Cl)cc1)C(=O)NCC(O)c1ccc(F)cc1. The highest BCUT2D eigenvalue weighted by molar-refractivity contribution is 6.30. The van der Waals surface area contributed by atoms with E-state index in [1.54, 1.807) is 31.2 Å². The highest BCUT2D eigenvalue weighted by Gasteiger charge is 2.16. The molecule has 0 aliphatic carbocycles. The predicted molar refractivity (Wildman–Crippen MR) is 85.9 cm³/mol. The number of carbonyl (C=O) groups excluding carboxylic acids is 1. The lowest BCUT2D eigenvalue weighted by Gasteiger charge is -2.17. The number of amides is 1. The zero-order valence-corrected chi connectivity index (χ0v) is 13.3. The Morgan fingerprint density at radius 2 is 1.83 bits per heavy atom. The zero-order valence-electron chi connectivity index (χ0n) is 12.5. The average molecular weight is 338 g/mol. The Bertz CT molecular complexity index is 646. The van der Waals surface area contributed by atoms with Crippen LogP contribution in [-0.2, 0) is 4.79 Å². The third kappa shape index (κ3) is 5.23. The Hall–Kier alpha value is -2.11. The fourth-order valence-electron chi connectivity index (χ4n) is 1.91. The minimum absolute atomic E-state index is 0.0127. The maximum atomic E-state index is 12.8. The highest BCUT2D eigenvalue weighted by Crippen LogP contribution is 2.17. The van der Waals surface area contributed by atoms with Gasteiger partial charge in [0, 0.05) is 11.6 Å². The van der Waals surface area contributed by atoms with Crippen LogP contribution in [0.3, 0.4) is 0 Å². The van der Waals surface area contributed by atoms with Gasteiger partial charge in [-0.15, -0.1) is 0 Å². The molecule has 2 rings (SSSR count). The molecule has 0 saturated heterocycles. The van der Waals surface area contributed by atoms with Crippen LogP contribution < -0.4 is 10.1 Å². The number of nitrogens with one attached hydrogen (secondary N) is 1. The van der Waals surface area contributed by atoms with Gasteiger partial charge < -0.3 is 15.2 Å². The van der Waals surface area contributed by atoms with Crippen LogP contribution in [0.4, 0.5) is 4.39 Å². The zero-order chi connectivity index (χ0) is 16.8. The number of benzene rings is 2. The molecule has 2 unspecified atom stereocenters. The first kappa shape index (κ1) is 17.2. The van der Waals surface area contributed by atoms with E-state index < -0.39 is 12.2 Å². The summed E-state index contributed by atoms with van der Waals surface area (Å²) in [5.41, 5.74) is 0.526. The van der Waals surface area contributed by atoms with Gasteiger partial charge in [-0.05, 0) is 48.9 Å². The number of aliphatic hydroxyl groups excluding tert-OH is 1. The van der Waals surface area contributed by atoms with Crippen LogP contribution in [0.1, 0.15) is 18.6 Å². The molecule has 0 spiro atoms. The summed E-state index contributed by atoms with van der Waals surface area (Å²) in [6.07, 6.45) is -1.64. The van der Waals surface area contributed by atoms with E-state index in [1.807, 2.05) is 0 Å². The van der Waals surface area contributed by atoms with Gasteiger partial charge in [-0.3, -0.25) is 4.79 Å². The van der Waals surface area contributed by atoms with E-state index in [9.17, 15) is 14.3 Å². The third-order valence-corrected chi connectivity index (χ3v) is 3.47. The van der Waals surface area contributed by atoms with Gasteiger partial charge in [0.05, 0.1) is 6.10 Å². The summed E-state index contributed by atoms with van der Waals surface area (Å²) < 4.78 is 18.3. The molecule has 2 aromatic rings. The van der Waals surface area contributed by atoms with Gasteiger partial charge in [0.2, 0.25) is 0 Å². The molecule has 2 N–H and O–H groups in total. The van der Waals surface area contributed by atoms with Crippen molar-refractivity contribution in [2.45, 2.75) is 19.1 Å². The van der Waals surface area contributed by atoms with Crippen molar-refractivity contribution in [1.29, 1.82) is 0 Å². The Labute approximate surface area is 138 Å². The monoisotopic (exact) mass is 337 g/mol. The third-order valence-electron chi connectivity index (χ3n) is 3.22. The molecule has 0 radical (unpaired) electrons. The van der Waals surface area contributed by atoms with Crippen LogP contribution in [-0.4, -0.2) is 23.7 Å². The number of hydrogen-bond acceptors (Lipinski definition) is 3. The topological polar surface area (TPSA) is 58.6 Å². The molecule has 0 aliphatic rings. The van der Waals surface area contributed by atoms with Crippen LogP contribution >= 0.6 is 11.6 Å². The Kier molecular flexibility index (Phi) is 5.96. The van der Waals surface area contributed by atoms with E-state index in [0.717, 1.165) is 0 Å². The number of rotatable bonds is 6. The first-order valence-electron chi connectivity index (χ1n) is 7.09. The molecular formula is C17H17ClFNO3. The number of hydrogen-bond donors (Lipinski definition) is 2. The summed E-state index contributed by atoms with van der Waals surface area (Å²) in [6, 6.07) is 12.1. The van der Waals surface area contributed by atoms with Gasteiger partial charge in [0.15, 0.2) is 6.10 Å². The van der Waals surface area contributed by atoms with E-state index in [4.69, 9.17) is 16.3 Å². The van der Waals surface area contributed by atoms with Gasteiger partial charge in [-0.2, -0.15) is 0 Å². The van der Waals surface area contributed by atoms with Crippen LogP contribution in [0.25, 0.3) is 0 Å². The first-order valence-corrected chi connectivity index (χ1v) is 7.47. The number of aliphatic hydroxyl groups is 1. The molecule has 0 bridgehead atoms. The summed E-state index contributed by atoms with van der Waals surface area (Å²) in [6.45, 7) is 1.62. The van der Waals surface area contributed by atoms with Crippen molar-refractivity contribution in [2.24, 2.45) is 0 Å². The molecule has 2 atom stereocenters. The number of ether oxygens (including phenoxy) is 1. The van der Waals surface area contributed by atoms with E-state index in [-0.39, 0.29) is 18.3 Å². The lowest BCUT2D eigenvalue weighted by molar-refractivity contribution is -0.127. The molecule has 23 heavy (non-hydrogen) atoms. The van der Waals surface area contributed by atoms with E-state index >= 15 is 0 Å². The van der Waals surface area contributed by atoms with Gasteiger partial charge >= 0.3 is 0 Å². The standard InChI is InChI=1S/C17H17ClFNO3/c1-11(23-15-8-4-13(18)5-9-15)17(22)20-10-16(21)12-2-6-14(19)7-3-12/h2-9,11,16,21H,10H2,1H3,(H,20,22). The molecule has 0 heterocycles. The maximum absolute atomic E-state index is 12.8. The van der Waals surface area contributed by atoms with Crippen molar-refractivity contribution >= 4 is 17.5 Å². The lowest BCUT2D eigenvalue weighted by Crippen LogP contribution is -2.38. The number of carbonyl (C=O) groups is 1. The molecule has 0 fully saturated rings. The smallest absolute Gasteiger partial charge is 0.260 e. The first-order chi connectivity index (χ1) is 11.0. The predicted octanol–water partition coefficient (Wildman–Crippen LogP) is 3.10. The molecule has 6 heteroatoms. The summed E-state index contributed by atoms with van der Waals surface area (Å²) in [4.78, 5) is 12.0. The van der Waals surface area contributed by atoms with Crippen molar-refractivity contribution in [2.75, 3.05) is 6.54 Å². The average Bonchev–Trinajstić information content (AvgIpc) is 2.55. The molecule has 1 amide bonds. The molecule has 0 aliphatic heterocycles. The van der Waals surface area contributed by atoms with Crippen molar-refractivity contribution < 1.29 is 19.0 Å². The lowest BCUT2D eigenvalue weighted by atomic mass is 10.1. The van der Waals surface area contributed by atoms with Crippen LogP contribution in [0, 0.1) is 5.82 Å². The highest BCUT2D eigenvalue weighted by atomic mass is 35.5. The van der Waals surface area contributed by atoms with Gasteiger partial charge in [0.1, 0.15) is 11.6 Å². The normalized spacial score (nSPS) is 13.2. The summed E-state index contributed by atoms with van der Waals surface area (Å²) in [7, 11) is 0. The van der Waals surface area contributed by atoms with Crippen molar-refractivity contribution in [3.63, 3.8) is 0 Å². The summed E-state index contributed by atoms with van der Waals surface area (Å²) in [5, 5.41) is 13.1. The van der Waals surface area contributed by atoms with Gasteiger partial charge in [-0.1, -0.05) is 23.7 Å². The summed E-state index contributed by atoms with van der Waals surface area (Å²) in [5.74, 6) is -0.216. The van der Waals surface area contributed by atoms with Crippen molar-refractivity contribution in [3.8, 4) is 5.75 Å². The molecule has 0 aromatic heterocycles. The van der Waals surface area contributed by atoms with Crippen LogP contribution in [0.2, 0.25) is 5.02 Å². The molecule has 2 aromatic carbocycles. The Morgan fingerprint density at radius 1 is 1.22 bits per heavy atom. The fraction of sp³-hybridized carbons (Fsp3) is 0.235. The van der Waals surface area contributed by atoms with Gasteiger partial charge in [-0.25, -0.2) is 4.39 Å². The second kappa shape index (κ2) is 7.94. The number of halogens is 2. The van der Waals surface area contributed by atoms with Gasteiger partial charge in [0.25, 0.3) is 5.91 Å². The molecular weight excluding hydrogens is 321 g/mol. The molecule has 122 valence electrons. The Balaban J connectivity index is 1.83. The van der Waals surface area contributed by atoms with Crippen molar-refractivity contribution in [3.05, 3.63) is 64.9 Å². The minimum atomic E-state index is -0.915. The maximum Gasteiger partial charge on any atom is 0.260 e. The fourth-order valence-corrected chi connectivity index (χ4v) is 2.04. The Morgan fingerprint density at radius 3 is 2.43 bits per heavy atom. The second-order valence-corrected chi connectivity index (χ2v) is 5.46. The van der Waals surface area contributed by atoms with Crippen molar-refractivity contribution in [1.82, 2.24) is 5.32 Å². The molecule has 4 nitrogen and oxygen atoms in total. The molecule has 0 saturated carbocycles. The summed E-state index contributed by atoms with van der Waals surface area (Å²) >= 11 is 5.78. The second-order valence-electron chi connectivity index (χ2n) is 5.03. The minimum Gasteiger partial charge on any atom is -0.481 e. The largest absolute Gasteiger partial charge is 0.481 e.